The van der Waals surface area contributed by atoms with Crippen LogP contribution in [0.25, 0.3) is 0 Å². The first-order chi connectivity index (χ1) is 9.97. The van der Waals surface area contributed by atoms with Gasteiger partial charge < -0.3 is 14.8 Å². The number of amides is 1. The average molecular weight is 441 g/mol. The highest BCUT2D eigenvalue weighted by molar-refractivity contribution is 9.11. The molecule has 0 aliphatic heterocycles. The number of thioether (sulfide) groups is 1. The van der Waals surface area contributed by atoms with E-state index in [1.165, 1.54) is 11.8 Å². The predicted octanol–water partition coefficient (Wildman–Crippen LogP) is 3.46. The molecule has 1 amide bonds. The molecule has 0 bridgehead atoms. The van der Waals surface area contributed by atoms with Gasteiger partial charge in [0.2, 0.25) is 5.91 Å². The smallest absolute Gasteiger partial charge is 0.315 e. The second-order valence-electron chi connectivity index (χ2n) is 3.81. The van der Waals surface area contributed by atoms with Gasteiger partial charge in [0.1, 0.15) is 5.75 Å². The third kappa shape index (κ3) is 6.27. The Morgan fingerprint density at radius 2 is 1.95 bits per heavy atom. The molecule has 1 aromatic carbocycles. The molecule has 0 atom stereocenters. The monoisotopic (exact) mass is 439 g/mol. The van der Waals surface area contributed by atoms with Gasteiger partial charge in [0.25, 0.3) is 0 Å². The number of carbonyl (C=O) groups is 2. The fourth-order valence-corrected chi connectivity index (χ4v) is 3.26. The number of rotatable bonds is 7. The zero-order valence-corrected chi connectivity index (χ0v) is 15.6. The van der Waals surface area contributed by atoms with Gasteiger partial charge in [0.05, 0.1) is 35.4 Å². The van der Waals surface area contributed by atoms with Crippen LogP contribution in [0.4, 0.5) is 5.69 Å². The van der Waals surface area contributed by atoms with Crippen LogP contribution in [0.3, 0.4) is 0 Å². The molecule has 21 heavy (non-hydrogen) atoms. The van der Waals surface area contributed by atoms with E-state index in [-0.39, 0.29) is 23.4 Å². The summed E-state index contributed by atoms with van der Waals surface area (Å²) in [6.45, 7) is 2.09. The Morgan fingerprint density at radius 1 is 1.24 bits per heavy atom. The fraction of sp³-hybridized carbons (Fsp3) is 0.385. The summed E-state index contributed by atoms with van der Waals surface area (Å²) in [6.07, 6.45) is 0. The largest absolute Gasteiger partial charge is 0.495 e. The van der Waals surface area contributed by atoms with Crippen molar-refractivity contribution in [2.45, 2.75) is 6.92 Å². The fourth-order valence-electron chi connectivity index (χ4n) is 1.40. The molecule has 1 rings (SSSR count). The number of benzene rings is 1. The molecule has 0 heterocycles. The number of carbonyl (C=O) groups excluding carboxylic acids is 2. The summed E-state index contributed by atoms with van der Waals surface area (Å²) in [7, 11) is 1.55. The molecule has 8 heteroatoms. The van der Waals surface area contributed by atoms with Crippen molar-refractivity contribution in [2.24, 2.45) is 0 Å². The quantitative estimate of drug-likeness (QED) is 0.657. The molecule has 0 aromatic heterocycles. The van der Waals surface area contributed by atoms with Gasteiger partial charge in [-0.3, -0.25) is 9.59 Å². The first-order valence-corrected chi connectivity index (χ1v) is 8.78. The molecule has 1 aromatic rings. The van der Waals surface area contributed by atoms with Gasteiger partial charge in [-0.2, -0.15) is 0 Å². The zero-order chi connectivity index (χ0) is 15.8. The number of hydrogen-bond acceptors (Lipinski definition) is 5. The van der Waals surface area contributed by atoms with Crippen molar-refractivity contribution in [2.75, 3.05) is 30.5 Å². The molecular weight excluding hydrogens is 426 g/mol. The molecule has 0 unspecified atom stereocenters. The van der Waals surface area contributed by atoms with Crippen LogP contribution in [0.2, 0.25) is 0 Å². The van der Waals surface area contributed by atoms with Crippen molar-refractivity contribution >= 4 is 61.2 Å². The van der Waals surface area contributed by atoms with Gasteiger partial charge in [0, 0.05) is 10.5 Å². The van der Waals surface area contributed by atoms with Gasteiger partial charge in [-0.05, 0) is 44.8 Å². The predicted molar refractivity (Wildman–Crippen MR) is 91.0 cm³/mol. The highest BCUT2D eigenvalue weighted by Gasteiger charge is 2.11. The Balaban J connectivity index is 2.53. The van der Waals surface area contributed by atoms with Crippen LogP contribution >= 0.6 is 43.6 Å². The standard InChI is InChI=1S/C13H15Br2NO4S/c1-3-20-13(18)7-21-6-12(17)16-10-5-11(19-2)9(15)4-8(10)14/h4-5H,3,6-7H2,1-2H3,(H,16,17). The summed E-state index contributed by atoms with van der Waals surface area (Å²) in [5.74, 6) is 0.430. The van der Waals surface area contributed by atoms with Crippen LogP contribution in [0.1, 0.15) is 6.92 Å². The SMILES string of the molecule is CCOC(=O)CSCC(=O)Nc1cc(OC)c(Br)cc1Br. The maximum atomic E-state index is 11.8. The van der Waals surface area contributed by atoms with Crippen molar-refractivity contribution in [3.63, 3.8) is 0 Å². The number of ether oxygens (including phenoxy) is 2. The first-order valence-electron chi connectivity index (χ1n) is 6.04. The van der Waals surface area contributed by atoms with Crippen LogP contribution in [0.15, 0.2) is 21.1 Å². The second-order valence-corrected chi connectivity index (χ2v) is 6.51. The molecule has 0 radical (unpaired) electrons. The Morgan fingerprint density at radius 3 is 2.57 bits per heavy atom. The Labute approximate surface area is 144 Å². The van der Waals surface area contributed by atoms with Gasteiger partial charge in [-0.15, -0.1) is 11.8 Å². The average Bonchev–Trinajstić information content (AvgIpc) is 2.42. The topological polar surface area (TPSA) is 64.6 Å². The Bertz CT molecular complexity index is 525. The van der Waals surface area contributed by atoms with Crippen molar-refractivity contribution in [3.05, 3.63) is 21.1 Å². The second kappa shape index (κ2) is 9.32. The van der Waals surface area contributed by atoms with Gasteiger partial charge in [0.15, 0.2) is 0 Å². The number of halogens is 2. The van der Waals surface area contributed by atoms with E-state index in [1.54, 1.807) is 26.2 Å². The molecule has 0 spiro atoms. The van der Waals surface area contributed by atoms with E-state index >= 15 is 0 Å². The van der Waals surface area contributed by atoms with E-state index < -0.39 is 0 Å². The third-order valence-corrected chi connectivity index (χ3v) is 4.46. The summed E-state index contributed by atoms with van der Waals surface area (Å²) >= 11 is 7.93. The van der Waals surface area contributed by atoms with Crippen molar-refractivity contribution in [1.82, 2.24) is 0 Å². The summed E-state index contributed by atoms with van der Waals surface area (Å²) in [5.41, 5.74) is 0.608. The number of anilines is 1. The van der Waals surface area contributed by atoms with Crippen LogP contribution in [0, 0.1) is 0 Å². The maximum absolute atomic E-state index is 11.8. The van der Waals surface area contributed by atoms with Crippen molar-refractivity contribution in [3.8, 4) is 5.75 Å². The minimum atomic E-state index is -0.318. The van der Waals surface area contributed by atoms with Gasteiger partial charge in [-0.1, -0.05) is 0 Å². The summed E-state index contributed by atoms with van der Waals surface area (Å²) in [4.78, 5) is 23.0. The minimum Gasteiger partial charge on any atom is -0.495 e. The molecule has 0 saturated carbocycles. The molecule has 0 fully saturated rings. The summed E-state index contributed by atoms with van der Waals surface area (Å²) < 4.78 is 11.5. The van der Waals surface area contributed by atoms with E-state index in [0.29, 0.717) is 18.0 Å². The number of esters is 1. The first kappa shape index (κ1) is 18.3. The lowest BCUT2D eigenvalue weighted by Crippen LogP contribution is -2.16. The van der Waals surface area contributed by atoms with Crippen LogP contribution in [-0.4, -0.2) is 37.1 Å². The Hall–Kier alpha value is -0.730. The number of hydrogen-bond donors (Lipinski definition) is 1. The van der Waals surface area contributed by atoms with Gasteiger partial charge >= 0.3 is 5.97 Å². The van der Waals surface area contributed by atoms with Crippen LogP contribution < -0.4 is 10.1 Å². The van der Waals surface area contributed by atoms with E-state index in [4.69, 9.17) is 9.47 Å². The molecule has 0 aliphatic carbocycles. The lowest BCUT2D eigenvalue weighted by molar-refractivity contribution is -0.139. The molecule has 116 valence electrons. The molecule has 0 saturated heterocycles. The van der Waals surface area contributed by atoms with Crippen molar-refractivity contribution in [1.29, 1.82) is 0 Å². The molecule has 0 aliphatic rings. The van der Waals surface area contributed by atoms with Gasteiger partial charge in [-0.25, -0.2) is 0 Å². The number of methoxy groups -OCH3 is 1. The van der Waals surface area contributed by atoms with E-state index in [2.05, 4.69) is 37.2 Å². The maximum Gasteiger partial charge on any atom is 0.315 e. The third-order valence-electron chi connectivity index (χ3n) is 2.27. The van der Waals surface area contributed by atoms with E-state index in [9.17, 15) is 9.59 Å². The van der Waals surface area contributed by atoms with Crippen molar-refractivity contribution < 1.29 is 19.1 Å². The lowest BCUT2D eigenvalue weighted by Gasteiger charge is -2.11. The van der Waals surface area contributed by atoms with Crippen LogP contribution in [0.5, 0.6) is 5.75 Å². The normalized spacial score (nSPS) is 10.1. The highest BCUT2D eigenvalue weighted by atomic mass is 79.9. The lowest BCUT2D eigenvalue weighted by atomic mass is 10.3. The molecule has 5 nitrogen and oxygen atoms in total. The Kier molecular flexibility index (Phi) is 8.13. The summed E-state index contributed by atoms with van der Waals surface area (Å²) in [5, 5.41) is 2.76. The van der Waals surface area contributed by atoms with E-state index in [1.807, 2.05) is 0 Å². The van der Waals surface area contributed by atoms with E-state index in [0.717, 1.165) is 8.95 Å². The number of nitrogens with one attached hydrogen (secondary N) is 1. The molecule has 1 N–H and O–H groups in total. The minimum absolute atomic E-state index is 0.159. The zero-order valence-electron chi connectivity index (χ0n) is 11.6. The summed E-state index contributed by atoms with van der Waals surface area (Å²) in [6, 6.07) is 3.50. The van der Waals surface area contributed by atoms with Crippen LogP contribution in [-0.2, 0) is 14.3 Å². The highest BCUT2D eigenvalue weighted by Crippen LogP contribution is 2.34. The molecular formula is C13H15Br2NO4S.